The molecule has 0 aliphatic carbocycles. The van der Waals surface area contributed by atoms with Gasteiger partial charge in [-0.15, -0.1) is 0 Å². The first-order valence-electron chi connectivity index (χ1n) is 8.17. The van der Waals surface area contributed by atoms with Gasteiger partial charge in [0.2, 0.25) is 0 Å². The van der Waals surface area contributed by atoms with E-state index in [0.29, 0.717) is 18.8 Å². The average molecular weight is 304 g/mol. The van der Waals surface area contributed by atoms with E-state index in [-0.39, 0.29) is 6.03 Å². The molecule has 0 radical (unpaired) electrons. The molecule has 2 saturated heterocycles. The highest BCUT2D eigenvalue weighted by Crippen LogP contribution is 2.19. The van der Waals surface area contributed by atoms with Gasteiger partial charge in [0.25, 0.3) is 0 Å². The summed E-state index contributed by atoms with van der Waals surface area (Å²) in [4.78, 5) is 20.6. The highest BCUT2D eigenvalue weighted by molar-refractivity contribution is 5.89. The summed E-state index contributed by atoms with van der Waals surface area (Å²) >= 11 is 0. The van der Waals surface area contributed by atoms with Gasteiger partial charge < -0.3 is 20.2 Å². The van der Waals surface area contributed by atoms with Crippen molar-refractivity contribution in [3.63, 3.8) is 0 Å². The number of pyridine rings is 1. The predicted octanol–water partition coefficient (Wildman–Crippen LogP) is 2.06. The molecule has 3 heterocycles. The Labute approximate surface area is 131 Å². The quantitative estimate of drug-likeness (QED) is 0.877. The maximum atomic E-state index is 12.2. The fourth-order valence-electron chi connectivity index (χ4n) is 3.11. The maximum absolute atomic E-state index is 12.2. The Balaban J connectivity index is 1.57. The topological polar surface area (TPSA) is 68.7 Å². The second-order valence-corrected chi connectivity index (χ2v) is 6.13. The summed E-state index contributed by atoms with van der Waals surface area (Å²) in [6.45, 7) is 3.22. The van der Waals surface area contributed by atoms with Gasteiger partial charge in [0.1, 0.15) is 5.82 Å². The molecule has 2 fully saturated rings. The molecule has 3 rings (SSSR count). The van der Waals surface area contributed by atoms with Crippen LogP contribution in [0.3, 0.4) is 0 Å². The molecule has 120 valence electrons. The van der Waals surface area contributed by atoms with Gasteiger partial charge in [-0.25, -0.2) is 9.78 Å². The molecule has 0 bridgehead atoms. The molecule has 0 saturated carbocycles. The van der Waals surface area contributed by atoms with Gasteiger partial charge in [-0.1, -0.05) is 0 Å². The fraction of sp³-hybridized carbons (Fsp3) is 0.625. The van der Waals surface area contributed by atoms with Crippen LogP contribution >= 0.6 is 0 Å². The minimum Gasteiger partial charge on any atom is -0.391 e. The minimum absolute atomic E-state index is 0.161. The number of rotatable bonds is 2. The Hall–Kier alpha value is -1.82. The third-order valence-electron chi connectivity index (χ3n) is 4.36. The van der Waals surface area contributed by atoms with E-state index >= 15 is 0 Å². The van der Waals surface area contributed by atoms with Crippen LogP contribution in [0.15, 0.2) is 18.3 Å². The number of carbonyl (C=O) groups excluding carboxylic acids is 1. The summed E-state index contributed by atoms with van der Waals surface area (Å²) in [5.74, 6) is 0.978. The van der Waals surface area contributed by atoms with Gasteiger partial charge >= 0.3 is 6.03 Å². The number of hydrogen-bond acceptors (Lipinski definition) is 4. The highest BCUT2D eigenvalue weighted by Gasteiger charge is 2.22. The van der Waals surface area contributed by atoms with Crippen LogP contribution < -0.4 is 10.2 Å². The number of β-amino-alcohol motifs (C(OH)–C–C–N with tert-alkyl or cyclic N) is 1. The van der Waals surface area contributed by atoms with Crippen molar-refractivity contribution in [1.29, 1.82) is 0 Å². The van der Waals surface area contributed by atoms with Gasteiger partial charge in [0, 0.05) is 26.2 Å². The van der Waals surface area contributed by atoms with Crippen LogP contribution in [0, 0.1) is 0 Å². The number of piperidine rings is 2. The number of hydrogen-bond donors (Lipinski definition) is 2. The molecule has 1 atom stereocenters. The molecule has 2 amide bonds. The molecule has 2 N–H and O–H groups in total. The number of urea groups is 1. The van der Waals surface area contributed by atoms with Gasteiger partial charge in [-0.05, 0) is 44.2 Å². The van der Waals surface area contributed by atoms with Crippen LogP contribution in [0.1, 0.15) is 32.1 Å². The van der Waals surface area contributed by atoms with Crippen molar-refractivity contribution in [2.24, 2.45) is 0 Å². The summed E-state index contributed by atoms with van der Waals surface area (Å²) in [6.07, 6.45) is 6.67. The lowest BCUT2D eigenvalue weighted by Crippen LogP contribution is -2.44. The molecule has 2 aliphatic heterocycles. The fourth-order valence-corrected chi connectivity index (χ4v) is 3.11. The SMILES string of the molecule is O=C(Nc1ccc(N2CCCCC2)nc1)N1CCC[C@@H](O)C1. The number of likely N-dealkylation sites (tertiary alicyclic amines) is 1. The van der Waals surface area contributed by atoms with Crippen molar-refractivity contribution in [2.75, 3.05) is 36.4 Å². The van der Waals surface area contributed by atoms with Crippen molar-refractivity contribution >= 4 is 17.5 Å². The van der Waals surface area contributed by atoms with E-state index < -0.39 is 6.10 Å². The lowest BCUT2D eigenvalue weighted by atomic mass is 10.1. The minimum atomic E-state index is -0.404. The number of aromatic nitrogens is 1. The molecule has 1 aromatic heterocycles. The van der Waals surface area contributed by atoms with Crippen molar-refractivity contribution in [3.05, 3.63) is 18.3 Å². The summed E-state index contributed by atoms with van der Waals surface area (Å²) < 4.78 is 0. The monoisotopic (exact) mass is 304 g/mol. The molecular weight excluding hydrogens is 280 g/mol. The predicted molar refractivity (Wildman–Crippen MR) is 86.1 cm³/mol. The number of nitrogens with zero attached hydrogens (tertiary/aromatic N) is 3. The first-order chi connectivity index (χ1) is 10.7. The lowest BCUT2D eigenvalue weighted by Gasteiger charge is -2.30. The molecule has 6 heteroatoms. The molecule has 2 aliphatic rings. The Morgan fingerprint density at radius 1 is 1.18 bits per heavy atom. The van der Waals surface area contributed by atoms with E-state index in [1.807, 2.05) is 12.1 Å². The van der Waals surface area contributed by atoms with Crippen LogP contribution in [-0.4, -0.2) is 53.3 Å². The highest BCUT2D eigenvalue weighted by atomic mass is 16.3. The molecular formula is C16H24N4O2. The number of aliphatic hydroxyl groups excluding tert-OH is 1. The van der Waals surface area contributed by atoms with E-state index in [0.717, 1.165) is 31.7 Å². The normalized spacial score (nSPS) is 22.5. The Kier molecular flexibility index (Phi) is 4.77. The molecule has 6 nitrogen and oxygen atoms in total. The van der Waals surface area contributed by atoms with E-state index in [9.17, 15) is 9.90 Å². The van der Waals surface area contributed by atoms with E-state index in [1.165, 1.54) is 19.3 Å². The zero-order valence-corrected chi connectivity index (χ0v) is 12.9. The second kappa shape index (κ2) is 6.96. The van der Waals surface area contributed by atoms with Gasteiger partial charge in [-0.2, -0.15) is 0 Å². The van der Waals surface area contributed by atoms with E-state index in [2.05, 4.69) is 15.2 Å². The summed E-state index contributed by atoms with van der Waals surface area (Å²) in [5.41, 5.74) is 0.700. The average Bonchev–Trinajstić information content (AvgIpc) is 2.56. The Morgan fingerprint density at radius 3 is 2.68 bits per heavy atom. The number of anilines is 2. The first kappa shape index (κ1) is 15.1. The second-order valence-electron chi connectivity index (χ2n) is 6.13. The van der Waals surface area contributed by atoms with Crippen LogP contribution in [0.25, 0.3) is 0 Å². The molecule has 22 heavy (non-hydrogen) atoms. The number of aliphatic hydroxyl groups is 1. The third kappa shape index (κ3) is 3.68. The molecule has 0 spiro atoms. The van der Waals surface area contributed by atoms with Crippen LogP contribution in [0.5, 0.6) is 0 Å². The van der Waals surface area contributed by atoms with Crippen LogP contribution in [-0.2, 0) is 0 Å². The number of nitrogens with one attached hydrogen (secondary N) is 1. The van der Waals surface area contributed by atoms with E-state index in [4.69, 9.17) is 0 Å². The van der Waals surface area contributed by atoms with Crippen LogP contribution in [0.4, 0.5) is 16.3 Å². The number of amides is 2. The zero-order valence-electron chi connectivity index (χ0n) is 12.9. The standard InChI is InChI=1S/C16H24N4O2/c21-14-5-4-10-20(12-14)16(22)18-13-6-7-15(17-11-13)19-8-2-1-3-9-19/h6-7,11,14,21H,1-5,8-10,12H2,(H,18,22)/t14-/m1/s1. The summed E-state index contributed by atoms with van der Waals surface area (Å²) in [7, 11) is 0. The largest absolute Gasteiger partial charge is 0.391 e. The van der Waals surface area contributed by atoms with Crippen molar-refractivity contribution in [1.82, 2.24) is 9.88 Å². The number of carbonyl (C=O) groups is 1. The lowest BCUT2D eigenvalue weighted by molar-refractivity contribution is 0.0883. The Bertz CT molecular complexity index is 499. The molecule has 0 aromatic carbocycles. The summed E-state index contributed by atoms with van der Waals surface area (Å²) in [6, 6.07) is 3.70. The van der Waals surface area contributed by atoms with Crippen molar-refractivity contribution in [3.8, 4) is 0 Å². The van der Waals surface area contributed by atoms with Gasteiger partial charge in [0.15, 0.2) is 0 Å². The molecule has 0 unspecified atom stereocenters. The Morgan fingerprint density at radius 2 is 2.00 bits per heavy atom. The van der Waals surface area contributed by atoms with Crippen LogP contribution in [0.2, 0.25) is 0 Å². The summed E-state index contributed by atoms with van der Waals surface area (Å²) in [5, 5.41) is 12.5. The van der Waals surface area contributed by atoms with Crippen molar-refractivity contribution in [2.45, 2.75) is 38.2 Å². The first-order valence-corrected chi connectivity index (χ1v) is 8.17. The smallest absolute Gasteiger partial charge is 0.321 e. The third-order valence-corrected chi connectivity index (χ3v) is 4.36. The molecule has 1 aromatic rings. The van der Waals surface area contributed by atoms with E-state index in [1.54, 1.807) is 11.1 Å². The zero-order chi connectivity index (χ0) is 15.4. The van der Waals surface area contributed by atoms with Crippen molar-refractivity contribution < 1.29 is 9.90 Å². The van der Waals surface area contributed by atoms with Gasteiger partial charge in [-0.3, -0.25) is 0 Å². The maximum Gasteiger partial charge on any atom is 0.321 e. The van der Waals surface area contributed by atoms with Gasteiger partial charge in [0.05, 0.1) is 18.0 Å².